The van der Waals surface area contributed by atoms with Crippen molar-refractivity contribution in [3.05, 3.63) is 60.0 Å². The third kappa shape index (κ3) is 5.42. The van der Waals surface area contributed by atoms with Gasteiger partial charge < -0.3 is 19.2 Å². The maximum Gasteiger partial charge on any atom is 0.416 e. The number of aromatic nitrogens is 2. The van der Waals surface area contributed by atoms with Crippen LogP contribution in [0.25, 0.3) is 11.5 Å². The molecule has 31 heavy (non-hydrogen) atoms. The smallest absolute Gasteiger partial charge is 0.416 e. The Balaban J connectivity index is 0.00000132. The Kier molecular flexibility index (Phi) is 6.66. The number of benzene rings is 2. The Labute approximate surface area is 178 Å². The number of ether oxygens (including phenoxy) is 2. The standard InChI is InChI=1S/C20H18F3N3O3.C2H6/c1-19(2)27-11-16(29-19)18-26-25-17(28-18)14-5-3-4-6-15(14)24-13-9-7-12(8-10-13)20(21,22)23;1-2/h3-10,16,24H,11H2,1-2H3;1-2H3. The van der Waals surface area contributed by atoms with E-state index in [-0.39, 0.29) is 5.89 Å². The van der Waals surface area contributed by atoms with Crippen LogP contribution in [-0.4, -0.2) is 22.6 Å². The fraction of sp³-hybridized carbons (Fsp3) is 0.364. The molecule has 9 heteroatoms. The molecule has 0 saturated carbocycles. The molecular weight excluding hydrogens is 411 g/mol. The summed E-state index contributed by atoms with van der Waals surface area (Å²) in [5, 5.41) is 11.2. The molecule has 3 aromatic rings. The highest BCUT2D eigenvalue weighted by molar-refractivity contribution is 5.76. The fourth-order valence-electron chi connectivity index (χ4n) is 2.96. The molecule has 1 atom stereocenters. The zero-order chi connectivity index (χ0) is 22.6. The van der Waals surface area contributed by atoms with Crippen LogP contribution in [0.15, 0.2) is 52.9 Å². The average Bonchev–Trinajstić information content (AvgIpc) is 3.36. The third-order valence-corrected chi connectivity index (χ3v) is 4.37. The van der Waals surface area contributed by atoms with Crippen molar-refractivity contribution in [1.82, 2.24) is 10.2 Å². The quantitative estimate of drug-likeness (QED) is 0.515. The molecule has 166 valence electrons. The number of hydrogen-bond acceptors (Lipinski definition) is 6. The lowest BCUT2D eigenvalue weighted by molar-refractivity contribution is -0.141. The molecule has 4 rings (SSSR count). The second-order valence-electron chi connectivity index (χ2n) is 7.01. The van der Waals surface area contributed by atoms with Gasteiger partial charge in [0.05, 0.1) is 23.4 Å². The van der Waals surface area contributed by atoms with Crippen LogP contribution >= 0.6 is 0 Å². The number of hydrogen-bond donors (Lipinski definition) is 1. The van der Waals surface area contributed by atoms with Gasteiger partial charge in [-0.15, -0.1) is 10.2 Å². The first-order valence-corrected chi connectivity index (χ1v) is 9.90. The maximum absolute atomic E-state index is 12.7. The number of nitrogens with zero attached hydrogens (tertiary/aromatic N) is 2. The molecule has 1 N–H and O–H groups in total. The van der Waals surface area contributed by atoms with Crippen LogP contribution in [0.3, 0.4) is 0 Å². The number of alkyl halides is 3. The van der Waals surface area contributed by atoms with Gasteiger partial charge in [-0.2, -0.15) is 13.2 Å². The summed E-state index contributed by atoms with van der Waals surface area (Å²) in [5.74, 6) is -0.153. The Morgan fingerprint density at radius 1 is 1.00 bits per heavy atom. The van der Waals surface area contributed by atoms with Crippen molar-refractivity contribution in [2.45, 2.75) is 45.8 Å². The molecule has 0 aliphatic carbocycles. The summed E-state index contributed by atoms with van der Waals surface area (Å²) < 4.78 is 55.2. The van der Waals surface area contributed by atoms with E-state index in [0.717, 1.165) is 12.1 Å². The number of anilines is 2. The number of nitrogens with one attached hydrogen (secondary N) is 1. The van der Waals surface area contributed by atoms with Gasteiger partial charge in [-0.05, 0) is 50.2 Å². The first kappa shape index (κ1) is 22.8. The van der Waals surface area contributed by atoms with E-state index in [2.05, 4.69) is 15.5 Å². The molecule has 0 radical (unpaired) electrons. The highest BCUT2D eigenvalue weighted by Crippen LogP contribution is 2.35. The second-order valence-corrected chi connectivity index (χ2v) is 7.01. The van der Waals surface area contributed by atoms with Gasteiger partial charge in [0.15, 0.2) is 11.9 Å². The van der Waals surface area contributed by atoms with E-state index in [0.29, 0.717) is 29.4 Å². The predicted molar refractivity (Wildman–Crippen MR) is 110 cm³/mol. The van der Waals surface area contributed by atoms with Crippen molar-refractivity contribution < 1.29 is 27.1 Å². The summed E-state index contributed by atoms with van der Waals surface area (Å²) in [4.78, 5) is 0. The predicted octanol–water partition coefficient (Wildman–Crippen LogP) is 6.35. The molecule has 1 aromatic heterocycles. The van der Waals surface area contributed by atoms with Crippen LogP contribution in [0.2, 0.25) is 0 Å². The summed E-state index contributed by atoms with van der Waals surface area (Å²) in [6, 6.07) is 11.9. The van der Waals surface area contributed by atoms with Crippen LogP contribution in [0.5, 0.6) is 0 Å². The minimum Gasteiger partial charge on any atom is -0.418 e. The summed E-state index contributed by atoms with van der Waals surface area (Å²) in [6.45, 7) is 7.90. The average molecular weight is 435 g/mol. The van der Waals surface area contributed by atoms with Gasteiger partial charge in [-0.25, -0.2) is 0 Å². The number of para-hydroxylation sites is 1. The van der Waals surface area contributed by atoms with Gasteiger partial charge in [0.2, 0.25) is 11.8 Å². The molecule has 6 nitrogen and oxygen atoms in total. The Bertz CT molecular complexity index is 1000. The molecule has 2 heterocycles. The van der Waals surface area contributed by atoms with Crippen molar-refractivity contribution in [2.24, 2.45) is 0 Å². The van der Waals surface area contributed by atoms with Crippen LogP contribution in [0.4, 0.5) is 24.5 Å². The molecule has 1 aliphatic rings. The Hall–Kier alpha value is -2.91. The SMILES string of the molecule is CC.CC1(C)OCC(c2nnc(-c3ccccc3Nc3ccc(C(F)(F)F)cc3)o2)O1. The molecule has 0 spiro atoms. The van der Waals surface area contributed by atoms with Crippen molar-refractivity contribution >= 4 is 11.4 Å². The molecule has 1 fully saturated rings. The first-order valence-electron chi connectivity index (χ1n) is 9.90. The lowest BCUT2D eigenvalue weighted by atomic mass is 10.1. The van der Waals surface area contributed by atoms with E-state index in [1.807, 2.05) is 13.8 Å². The van der Waals surface area contributed by atoms with Crippen molar-refractivity contribution in [1.29, 1.82) is 0 Å². The number of halogens is 3. The van der Waals surface area contributed by atoms with Gasteiger partial charge >= 0.3 is 6.18 Å². The van der Waals surface area contributed by atoms with Gasteiger partial charge in [-0.1, -0.05) is 26.0 Å². The van der Waals surface area contributed by atoms with E-state index in [4.69, 9.17) is 13.9 Å². The zero-order valence-electron chi connectivity index (χ0n) is 17.7. The summed E-state index contributed by atoms with van der Waals surface area (Å²) in [6.07, 6.45) is -4.83. The van der Waals surface area contributed by atoms with Gasteiger partial charge in [0.1, 0.15) is 0 Å². The molecular formula is C22H24F3N3O3. The highest BCUT2D eigenvalue weighted by atomic mass is 19.4. The highest BCUT2D eigenvalue weighted by Gasteiger charge is 2.37. The number of rotatable bonds is 4. The molecule has 2 aromatic carbocycles. The Morgan fingerprint density at radius 3 is 2.29 bits per heavy atom. The van der Waals surface area contributed by atoms with Gasteiger partial charge in [-0.3, -0.25) is 0 Å². The lowest BCUT2D eigenvalue weighted by Crippen LogP contribution is -2.19. The third-order valence-electron chi connectivity index (χ3n) is 4.37. The Morgan fingerprint density at radius 2 is 1.68 bits per heavy atom. The lowest BCUT2D eigenvalue weighted by Gasteiger charge is -2.15. The molecule has 1 aliphatic heterocycles. The summed E-state index contributed by atoms with van der Waals surface area (Å²) >= 11 is 0. The van der Waals surface area contributed by atoms with E-state index in [1.54, 1.807) is 38.1 Å². The van der Waals surface area contributed by atoms with Crippen LogP contribution in [0.1, 0.15) is 45.3 Å². The topological polar surface area (TPSA) is 69.4 Å². The minimum absolute atomic E-state index is 0.267. The van der Waals surface area contributed by atoms with Crippen molar-refractivity contribution in [2.75, 3.05) is 11.9 Å². The van der Waals surface area contributed by atoms with Crippen LogP contribution < -0.4 is 5.32 Å². The van der Waals surface area contributed by atoms with Gasteiger partial charge in [0.25, 0.3) is 0 Å². The minimum atomic E-state index is -4.38. The van der Waals surface area contributed by atoms with E-state index < -0.39 is 23.6 Å². The monoisotopic (exact) mass is 435 g/mol. The largest absolute Gasteiger partial charge is 0.418 e. The normalized spacial score (nSPS) is 17.7. The molecule has 1 unspecified atom stereocenters. The van der Waals surface area contributed by atoms with Gasteiger partial charge in [0, 0.05) is 5.69 Å². The van der Waals surface area contributed by atoms with Crippen molar-refractivity contribution in [3.63, 3.8) is 0 Å². The maximum atomic E-state index is 12.7. The first-order chi connectivity index (χ1) is 14.7. The fourth-order valence-corrected chi connectivity index (χ4v) is 2.96. The van der Waals surface area contributed by atoms with E-state index in [9.17, 15) is 13.2 Å². The molecule has 0 bridgehead atoms. The summed E-state index contributed by atoms with van der Waals surface area (Å²) in [7, 11) is 0. The zero-order valence-corrected chi connectivity index (χ0v) is 17.7. The van der Waals surface area contributed by atoms with E-state index in [1.165, 1.54) is 12.1 Å². The van der Waals surface area contributed by atoms with E-state index >= 15 is 0 Å². The van der Waals surface area contributed by atoms with Crippen LogP contribution in [-0.2, 0) is 15.7 Å². The molecule has 1 saturated heterocycles. The van der Waals surface area contributed by atoms with Crippen LogP contribution in [0, 0.1) is 0 Å². The van der Waals surface area contributed by atoms with Crippen molar-refractivity contribution in [3.8, 4) is 11.5 Å². The second kappa shape index (κ2) is 9.07. The summed E-state index contributed by atoms with van der Waals surface area (Å²) in [5.41, 5.74) is 1.02. The molecule has 0 amide bonds.